The van der Waals surface area contributed by atoms with Crippen molar-refractivity contribution in [2.24, 2.45) is 5.18 Å². The Labute approximate surface area is 77.4 Å². The summed E-state index contributed by atoms with van der Waals surface area (Å²) in [5.41, 5.74) is 2.42. The SMILES string of the molecule is Cc1cc(BF)ccc1[C@H](C)N=O. The first-order valence-corrected chi connectivity index (χ1v) is 4.17. The van der Waals surface area contributed by atoms with E-state index in [0.717, 1.165) is 11.1 Å². The van der Waals surface area contributed by atoms with Gasteiger partial charge in [-0.2, -0.15) is 4.91 Å². The van der Waals surface area contributed by atoms with Gasteiger partial charge in [0, 0.05) is 0 Å². The van der Waals surface area contributed by atoms with Crippen LogP contribution in [0.5, 0.6) is 0 Å². The number of aryl methyl sites for hydroxylation is 1. The van der Waals surface area contributed by atoms with E-state index in [0.29, 0.717) is 5.46 Å². The summed E-state index contributed by atoms with van der Waals surface area (Å²) in [5, 5.41) is 2.93. The number of benzene rings is 1. The van der Waals surface area contributed by atoms with E-state index in [1.807, 2.05) is 6.92 Å². The zero-order valence-electron chi connectivity index (χ0n) is 7.75. The Morgan fingerprint density at radius 2 is 2.23 bits per heavy atom. The van der Waals surface area contributed by atoms with Crippen LogP contribution in [-0.2, 0) is 0 Å². The van der Waals surface area contributed by atoms with E-state index in [-0.39, 0.29) is 6.04 Å². The smallest absolute Gasteiger partial charge is 0.335 e. The number of nitroso groups, excluding NO2 is 1. The minimum atomic E-state index is -0.468. The molecule has 0 aromatic heterocycles. The molecule has 4 heteroatoms. The van der Waals surface area contributed by atoms with Crippen LogP contribution in [0.4, 0.5) is 4.32 Å². The number of hydrogen-bond acceptors (Lipinski definition) is 2. The Kier molecular flexibility index (Phi) is 3.17. The Hall–Kier alpha value is -1.19. The lowest BCUT2D eigenvalue weighted by Crippen LogP contribution is -2.10. The molecule has 0 aliphatic carbocycles. The highest BCUT2D eigenvalue weighted by atomic mass is 19.1. The third kappa shape index (κ3) is 2.14. The summed E-state index contributed by atoms with van der Waals surface area (Å²) in [4.78, 5) is 10.3. The Balaban J connectivity index is 3.04. The molecule has 68 valence electrons. The van der Waals surface area contributed by atoms with Gasteiger partial charge in [-0.15, -0.1) is 0 Å². The highest BCUT2D eigenvalue weighted by Crippen LogP contribution is 2.18. The van der Waals surface area contributed by atoms with Crippen molar-refractivity contribution in [3.63, 3.8) is 0 Å². The van der Waals surface area contributed by atoms with Crippen LogP contribution in [0, 0.1) is 11.8 Å². The largest absolute Gasteiger partial charge is 0.364 e. The van der Waals surface area contributed by atoms with E-state index in [2.05, 4.69) is 5.18 Å². The number of nitrogens with zero attached hydrogens (tertiary/aromatic N) is 1. The first-order valence-electron chi connectivity index (χ1n) is 4.17. The van der Waals surface area contributed by atoms with Crippen LogP contribution in [0.2, 0.25) is 0 Å². The highest BCUT2D eigenvalue weighted by molar-refractivity contribution is 6.46. The summed E-state index contributed by atoms with van der Waals surface area (Å²) in [7, 11) is -0.468. The van der Waals surface area contributed by atoms with Gasteiger partial charge < -0.3 is 4.32 Å². The maximum absolute atomic E-state index is 12.2. The van der Waals surface area contributed by atoms with E-state index < -0.39 is 7.56 Å². The van der Waals surface area contributed by atoms with Crippen LogP contribution < -0.4 is 5.46 Å². The van der Waals surface area contributed by atoms with Crippen LogP contribution >= 0.6 is 0 Å². The predicted octanol–water partition coefficient (Wildman–Crippen LogP) is 1.77. The molecule has 0 bridgehead atoms. The van der Waals surface area contributed by atoms with Gasteiger partial charge in [0.05, 0.1) is 0 Å². The first kappa shape index (κ1) is 9.90. The van der Waals surface area contributed by atoms with Gasteiger partial charge >= 0.3 is 7.56 Å². The van der Waals surface area contributed by atoms with Crippen molar-refractivity contribution in [1.29, 1.82) is 0 Å². The first-order chi connectivity index (χ1) is 6.19. The van der Waals surface area contributed by atoms with Gasteiger partial charge in [-0.1, -0.05) is 23.4 Å². The van der Waals surface area contributed by atoms with Gasteiger partial charge in [-0.25, -0.2) is 0 Å². The van der Waals surface area contributed by atoms with Crippen molar-refractivity contribution in [2.45, 2.75) is 19.9 Å². The fourth-order valence-electron chi connectivity index (χ4n) is 1.35. The topological polar surface area (TPSA) is 29.4 Å². The lowest BCUT2D eigenvalue weighted by molar-refractivity contribution is 0.804. The van der Waals surface area contributed by atoms with Gasteiger partial charge in [0.15, 0.2) is 0 Å². The molecule has 0 unspecified atom stereocenters. The van der Waals surface area contributed by atoms with Crippen molar-refractivity contribution >= 4 is 13.0 Å². The van der Waals surface area contributed by atoms with Crippen molar-refractivity contribution in [3.05, 3.63) is 34.2 Å². The van der Waals surface area contributed by atoms with Crippen molar-refractivity contribution in [2.75, 3.05) is 0 Å². The Bertz CT molecular complexity index is 316. The Morgan fingerprint density at radius 1 is 1.54 bits per heavy atom. The molecule has 0 saturated heterocycles. The fraction of sp³-hybridized carbons (Fsp3) is 0.333. The predicted molar refractivity (Wildman–Crippen MR) is 53.3 cm³/mol. The van der Waals surface area contributed by atoms with Crippen LogP contribution in [-0.4, -0.2) is 7.56 Å². The molecule has 0 radical (unpaired) electrons. The molecule has 13 heavy (non-hydrogen) atoms. The number of hydrogen-bond donors (Lipinski definition) is 0. The monoisotopic (exact) mass is 179 g/mol. The maximum atomic E-state index is 12.2. The van der Waals surface area contributed by atoms with Gasteiger partial charge in [-0.3, -0.25) is 0 Å². The molecule has 0 saturated carbocycles. The minimum Gasteiger partial charge on any atom is -0.335 e. The van der Waals surface area contributed by atoms with Gasteiger partial charge in [0.25, 0.3) is 0 Å². The summed E-state index contributed by atoms with van der Waals surface area (Å²) in [6, 6.07) is 4.84. The molecule has 0 aliphatic heterocycles. The van der Waals surface area contributed by atoms with Crippen LogP contribution in [0.25, 0.3) is 0 Å². The second-order valence-corrected chi connectivity index (χ2v) is 3.11. The molecule has 2 nitrogen and oxygen atoms in total. The molecule has 0 aliphatic rings. The van der Waals surface area contributed by atoms with Crippen LogP contribution in [0.3, 0.4) is 0 Å². The van der Waals surface area contributed by atoms with Crippen molar-refractivity contribution in [3.8, 4) is 0 Å². The Morgan fingerprint density at radius 3 is 2.69 bits per heavy atom. The summed E-state index contributed by atoms with van der Waals surface area (Å²) >= 11 is 0. The van der Waals surface area contributed by atoms with E-state index in [1.54, 1.807) is 25.1 Å². The molecule has 1 aromatic carbocycles. The molecule has 0 fully saturated rings. The highest BCUT2D eigenvalue weighted by Gasteiger charge is 2.08. The second-order valence-electron chi connectivity index (χ2n) is 3.11. The summed E-state index contributed by atoms with van der Waals surface area (Å²) in [5.74, 6) is 0. The zero-order valence-corrected chi connectivity index (χ0v) is 7.75. The molecular formula is C9H11BFNO. The standard InChI is InChI=1S/C9H11BFNO/c1-6-5-8(10-11)3-4-9(6)7(2)12-13/h3-5,7,10H,1-2H3/t7-/m0/s1. The third-order valence-electron chi connectivity index (χ3n) is 2.10. The average Bonchev–Trinajstić information content (AvgIpc) is 2.16. The van der Waals surface area contributed by atoms with Crippen molar-refractivity contribution < 1.29 is 4.32 Å². The van der Waals surface area contributed by atoms with Crippen molar-refractivity contribution in [1.82, 2.24) is 0 Å². The summed E-state index contributed by atoms with van der Waals surface area (Å²) in [6.07, 6.45) is 0. The van der Waals surface area contributed by atoms with Gasteiger partial charge in [0.2, 0.25) is 0 Å². The quantitative estimate of drug-likeness (QED) is 0.513. The molecule has 1 aromatic rings. The van der Waals surface area contributed by atoms with E-state index >= 15 is 0 Å². The summed E-state index contributed by atoms with van der Waals surface area (Å²) in [6.45, 7) is 3.58. The molecule has 0 N–H and O–H groups in total. The lowest BCUT2D eigenvalue weighted by Gasteiger charge is -2.07. The lowest BCUT2D eigenvalue weighted by atomic mass is 9.87. The van der Waals surface area contributed by atoms with E-state index in [1.165, 1.54) is 0 Å². The van der Waals surface area contributed by atoms with Gasteiger partial charge in [-0.05, 0) is 30.4 Å². The van der Waals surface area contributed by atoms with Crippen LogP contribution in [0.1, 0.15) is 24.1 Å². The minimum absolute atomic E-state index is 0.353. The van der Waals surface area contributed by atoms with E-state index in [4.69, 9.17) is 0 Å². The van der Waals surface area contributed by atoms with Gasteiger partial charge in [0.1, 0.15) is 6.04 Å². The normalized spacial score (nSPS) is 12.2. The fourth-order valence-corrected chi connectivity index (χ4v) is 1.35. The number of halogens is 1. The van der Waals surface area contributed by atoms with Crippen LogP contribution in [0.15, 0.2) is 23.4 Å². The zero-order chi connectivity index (χ0) is 9.84. The summed E-state index contributed by atoms with van der Waals surface area (Å²) < 4.78 is 12.2. The molecule has 0 heterocycles. The molecule has 1 rings (SSSR count). The molecule has 0 amide bonds. The molecular weight excluding hydrogens is 168 g/mol. The average molecular weight is 179 g/mol. The van der Waals surface area contributed by atoms with E-state index in [9.17, 15) is 9.22 Å². The second kappa shape index (κ2) is 4.17. The molecule has 0 spiro atoms. The maximum Gasteiger partial charge on any atom is 0.364 e. The molecule has 1 atom stereocenters. The number of rotatable bonds is 3. The third-order valence-corrected chi connectivity index (χ3v) is 2.10.